The van der Waals surface area contributed by atoms with Crippen LogP contribution in [0.25, 0.3) is 5.70 Å². The van der Waals surface area contributed by atoms with Gasteiger partial charge in [0, 0.05) is 18.3 Å². The molecule has 0 unspecified atom stereocenters. The summed E-state index contributed by atoms with van der Waals surface area (Å²) in [5, 5.41) is 7.76. The van der Waals surface area contributed by atoms with Gasteiger partial charge in [-0.1, -0.05) is 12.1 Å². The molecule has 4 rings (SSSR count). The number of aryl methyl sites for hydroxylation is 1. The molecule has 3 heterocycles. The summed E-state index contributed by atoms with van der Waals surface area (Å²) in [6.07, 6.45) is 7.63. The molecular weight excluding hydrogens is 357 g/mol. The first-order valence-corrected chi connectivity index (χ1v) is 9.68. The monoisotopic (exact) mass is 383 g/mol. The predicted molar refractivity (Wildman–Crippen MR) is 108 cm³/mol. The zero-order valence-corrected chi connectivity index (χ0v) is 16.1. The van der Waals surface area contributed by atoms with Crippen LogP contribution >= 0.6 is 0 Å². The number of allylic oxidation sites excluding steroid dienone is 2. The quantitative estimate of drug-likeness (QED) is 0.831. The van der Waals surface area contributed by atoms with E-state index in [0.29, 0.717) is 36.2 Å². The minimum absolute atomic E-state index is 0.270. The molecule has 28 heavy (non-hydrogen) atoms. The van der Waals surface area contributed by atoms with Crippen LogP contribution in [0.4, 0.5) is 10.1 Å². The topological polar surface area (TPSA) is 68.3 Å². The highest BCUT2D eigenvalue weighted by Crippen LogP contribution is 2.36. The summed E-state index contributed by atoms with van der Waals surface area (Å²) in [5.74, 6) is 0.932. The lowest BCUT2D eigenvalue weighted by Crippen LogP contribution is -2.31. The van der Waals surface area contributed by atoms with Crippen LogP contribution in [0.3, 0.4) is 0 Å². The van der Waals surface area contributed by atoms with E-state index < -0.39 is 0 Å². The van der Waals surface area contributed by atoms with E-state index in [1.807, 2.05) is 30.2 Å². The van der Waals surface area contributed by atoms with Crippen LogP contribution in [0.5, 0.6) is 5.88 Å². The fraction of sp³-hybridized carbons (Fsp3) is 0.381. The summed E-state index contributed by atoms with van der Waals surface area (Å²) in [7, 11) is 1.86. The normalized spacial score (nSPS) is 18.0. The van der Waals surface area contributed by atoms with Crippen molar-refractivity contribution in [3.05, 3.63) is 59.7 Å². The molecule has 2 aliphatic rings. The van der Waals surface area contributed by atoms with Crippen LogP contribution < -0.4 is 20.7 Å². The van der Waals surface area contributed by atoms with Gasteiger partial charge in [0.15, 0.2) is 0 Å². The summed E-state index contributed by atoms with van der Waals surface area (Å²) in [6.45, 7) is 3.15. The Balaban J connectivity index is 1.63. The smallest absolute Gasteiger partial charge is 0.236 e. The minimum atomic E-state index is -0.270. The fourth-order valence-electron chi connectivity index (χ4n) is 3.73. The van der Waals surface area contributed by atoms with Gasteiger partial charge >= 0.3 is 0 Å². The van der Waals surface area contributed by atoms with E-state index in [9.17, 15) is 4.39 Å². The molecule has 0 amide bonds. The lowest BCUT2D eigenvalue weighted by molar-refractivity contribution is 0.202. The molecule has 0 atom stereocenters. The maximum Gasteiger partial charge on any atom is 0.236 e. The maximum atomic E-state index is 14.5. The second-order valence-corrected chi connectivity index (χ2v) is 7.32. The van der Waals surface area contributed by atoms with E-state index in [2.05, 4.69) is 10.4 Å². The summed E-state index contributed by atoms with van der Waals surface area (Å²) in [6, 6.07) is 6.76. The van der Waals surface area contributed by atoms with Gasteiger partial charge in [0.05, 0.1) is 25.0 Å². The number of rotatable bonds is 5. The highest BCUT2D eigenvalue weighted by atomic mass is 19.1. The van der Waals surface area contributed by atoms with Gasteiger partial charge in [-0.2, -0.15) is 5.10 Å². The Morgan fingerprint density at radius 2 is 2.04 bits per heavy atom. The van der Waals surface area contributed by atoms with Gasteiger partial charge in [-0.05, 0) is 56.1 Å². The van der Waals surface area contributed by atoms with Gasteiger partial charge in [-0.3, -0.25) is 0 Å². The van der Waals surface area contributed by atoms with E-state index in [1.165, 1.54) is 6.07 Å². The van der Waals surface area contributed by atoms with Crippen LogP contribution in [-0.4, -0.2) is 36.0 Å². The zero-order chi connectivity index (χ0) is 19.5. The van der Waals surface area contributed by atoms with Crippen molar-refractivity contribution in [2.75, 3.05) is 31.1 Å². The molecule has 2 aliphatic heterocycles. The molecule has 0 radical (unpaired) electrons. The van der Waals surface area contributed by atoms with Crippen molar-refractivity contribution < 1.29 is 9.13 Å². The lowest BCUT2D eigenvalue weighted by atomic mass is 9.99. The van der Waals surface area contributed by atoms with E-state index in [-0.39, 0.29) is 5.82 Å². The number of ether oxygens (including phenoxy) is 1. The Labute approximate surface area is 164 Å². The van der Waals surface area contributed by atoms with E-state index in [1.54, 1.807) is 23.0 Å². The molecule has 7 heteroatoms. The van der Waals surface area contributed by atoms with E-state index in [4.69, 9.17) is 10.5 Å². The first kappa shape index (κ1) is 18.6. The van der Waals surface area contributed by atoms with Crippen molar-refractivity contribution in [3.8, 4) is 5.88 Å². The molecule has 1 aromatic carbocycles. The van der Waals surface area contributed by atoms with Gasteiger partial charge in [0.1, 0.15) is 11.5 Å². The van der Waals surface area contributed by atoms with Crippen molar-refractivity contribution in [1.82, 2.24) is 15.1 Å². The third-order valence-corrected chi connectivity index (χ3v) is 5.31. The molecule has 0 bridgehead atoms. The number of piperidine rings is 1. The van der Waals surface area contributed by atoms with Crippen LogP contribution in [0.2, 0.25) is 0 Å². The zero-order valence-electron chi connectivity index (χ0n) is 16.1. The Bertz CT molecular complexity index is 898. The molecule has 6 nitrogen and oxygen atoms in total. The van der Waals surface area contributed by atoms with Crippen molar-refractivity contribution in [2.24, 2.45) is 18.7 Å². The SMILES string of the molecule is Cn1ncc(N2CC(N)=CC=C2c2ccccc2F)c1OCC1CCNCC1. The molecule has 1 fully saturated rings. The number of nitrogens with one attached hydrogen (secondary N) is 1. The second-order valence-electron chi connectivity index (χ2n) is 7.32. The van der Waals surface area contributed by atoms with Gasteiger partial charge in [0.25, 0.3) is 0 Å². The van der Waals surface area contributed by atoms with E-state index >= 15 is 0 Å². The number of anilines is 1. The maximum absolute atomic E-state index is 14.5. The molecule has 0 saturated carbocycles. The number of benzene rings is 1. The standard InChI is InChI=1S/C21H26FN5O/c1-26-21(28-14-15-8-10-24-11-9-15)20(12-25-26)27-13-16(23)6-7-19(27)17-4-2-3-5-18(17)22/h2-7,12,15,24H,8-11,13-14,23H2,1H3. The molecule has 3 N–H and O–H groups in total. The van der Waals surface area contributed by atoms with Gasteiger partial charge < -0.3 is 20.7 Å². The average molecular weight is 383 g/mol. The minimum Gasteiger partial charge on any atom is -0.476 e. The van der Waals surface area contributed by atoms with Crippen LogP contribution in [0.15, 0.2) is 48.3 Å². The second kappa shape index (κ2) is 8.06. The third kappa shape index (κ3) is 3.75. The molecular formula is C21H26FN5O. The highest BCUT2D eigenvalue weighted by molar-refractivity contribution is 5.84. The Morgan fingerprint density at radius 1 is 1.25 bits per heavy atom. The first-order chi connectivity index (χ1) is 13.6. The van der Waals surface area contributed by atoms with Crippen molar-refractivity contribution in [1.29, 1.82) is 0 Å². The summed E-state index contributed by atoms with van der Waals surface area (Å²) in [5.41, 5.74) is 8.86. The molecule has 0 spiro atoms. The summed E-state index contributed by atoms with van der Waals surface area (Å²) < 4.78 is 22.4. The van der Waals surface area contributed by atoms with Crippen LogP contribution in [-0.2, 0) is 7.05 Å². The van der Waals surface area contributed by atoms with Crippen LogP contribution in [0, 0.1) is 11.7 Å². The molecule has 1 saturated heterocycles. The Morgan fingerprint density at radius 3 is 2.82 bits per heavy atom. The highest BCUT2D eigenvalue weighted by Gasteiger charge is 2.26. The molecule has 1 aromatic heterocycles. The molecule has 2 aromatic rings. The number of hydrogen-bond donors (Lipinski definition) is 2. The van der Waals surface area contributed by atoms with Crippen LogP contribution in [0.1, 0.15) is 18.4 Å². The molecule has 0 aliphatic carbocycles. The van der Waals surface area contributed by atoms with Crippen molar-refractivity contribution >= 4 is 11.4 Å². The van der Waals surface area contributed by atoms with E-state index in [0.717, 1.165) is 37.3 Å². The predicted octanol–water partition coefficient (Wildman–Crippen LogP) is 2.64. The number of aromatic nitrogens is 2. The Hall–Kier alpha value is -2.80. The lowest BCUT2D eigenvalue weighted by Gasteiger charge is -2.30. The average Bonchev–Trinajstić information content (AvgIpc) is 3.08. The van der Waals surface area contributed by atoms with Crippen molar-refractivity contribution in [3.63, 3.8) is 0 Å². The number of halogens is 1. The Kier molecular flexibility index (Phi) is 5.34. The van der Waals surface area contributed by atoms with Crippen molar-refractivity contribution in [2.45, 2.75) is 12.8 Å². The largest absolute Gasteiger partial charge is 0.476 e. The fourth-order valence-corrected chi connectivity index (χ4v) is 3.73. The third-order valence-electron chi connectivity index (χ3n) is 5.31. The van der Waals surface area contributed by atoms with Gasteiger partial charge in [0.2, 0.25) is 5.88 Å². The first-order valence-electron chi connectivity index (χ1n) is 9.68. The number of hydrogen-bond acceptors (Lipinski definition) is 5. The number of nitrogens with two attached hydrogens (primary N) is 1. The summed E-state index contributed by atoms with van der Waals surface area (Å²) >= 11 is 0. The summed E-state index contributed by atoms with van der Waals surface area (Å²) in [4.78, 5) is 1.97. The van der Waals surface area contributed by atoms with Gasteiger partial charge in [-0.15, -0.1) is 0 Å². The molecule has 148 valence electrons. The van der Waals surface area contributed by atoms with Gasteiger partial charge in [-0.25, -0.2) is 9.07 Å². The number of nitrogens with zero attached hydrogens (tertiary/aromatic N) is 3.